The van der Waals surface area contributed by atoms with Crippen molar-refractivity contribution in [3.05, 3.63) is 58.1 Å². The Bertz CT molecular complexity index is 805. The minimum absolute atomic E-state index is 0.0608. The molecule has 0 saturated heterocycles. The van der Waals surface area contributed by atoms with Gasteiger partial charge in [-0.3, -0.25) is 4.79 Å². The summed E-state index contributed by atoms with van der Waals surface area (Å²) in [6.07, 6.45) is 7.11. The number of ether oxygens (including phenoxy) is 1. The third-order valence-electron chi connectivity index (χ3n) is 4.56. The standard InChI is InChI=1S/C20H18BrNO2/c21-14-7-10-19-17(12-14)18(20(23)22-19)11-13-5-8-16(9-6-13)24-15-3-1-2-4-15/h5-12,15H,1-4H2,(H,22,23)/b18-11+. The molecule has 2 aliphatic rings. The van der Waals surface area contributed by atoms with Crippen LogP contribution in [-0.2, 0) is 4.79 Å². The number of hydrogen-bond donors (Lipinski definition) is 1. The molecule has 0 unspecified atom stereocenters. The van der Waals surface area contributed by atoms with E-state index >= 15 is 0 Å². The van der Waals surface area contributed by atoms with Gasteiger partial charge in [-0.1, -0.05) is 28.1 Å². The maximum atomic E-state index is 12.2. The number of halogens is 1. The smallest absolute Gasteiger partial charge is 0.256 e. The Hall–Kier alpha value is -2.07. The van der Waals surface area contributed by atoms with Crippen LogP contribution in [0, 0.1) is 0 Å². The molecule has 2 aromatic carbocycles. The van der Waals surface area contributed by atoms with E-state index in [9.17, 15) is 4.79 Å². The molecule has 0 spiro atoms. The maximum absolute atomic E-state index is 12.2. The van der Waals surface area contributed by atoms with Crippen LogP contribution in [0.4, 0.5) is 5.69 Å². The minimum atomic E-state index is -0.0608. The lowest BCUT2D eigenvalue weighted by Crippen LogP contribution is -2.10. The van der Waals surface area contributed by atoms with Gasteiger partial charge >= 0.3 is 0 Å². The van der Waals surface area contributed by atoms with Gasteiger partial charge in [0.25, 0.3) is 5.91 Å². The van der Waals surface area contributed by atoms with E-state index in [4.69, 9.17) is 4.74 Å². The largest absolute Gasteiger partial charge is 0.490 e. The second-order valence-electron chi connectivity index (χ2n) is 6.30. The lowest BCUT2D eigenvalue weighted by Gasteiger charge is -2.12. The van der Waals surface area contributed by atoms with Crippen LogP contribution in [-0.4, -0.2) is 12.0 Å². The molecule has 0 radical (unpaired) electrons. The van der Waals surface area contributed by atoms with Crippen molar-refractivity contribution in [2.45, 2.75) is 31.8 Å². The zero-order valence-electron chi connectivity index (χ0n) is 13.2. The predicted molar refractivity (Wildman–Crippen MR) is 100.0 cm³/mol. The molecule has 122 valence electrons. The highest BCUT2D eigenvalue weighted by atomic mass is 79.9. The van der Waals surface area contributed by atoms with Crippen molar-refractivity contribution in [1.29, 1.82) is 0 Å². The van der Waals surface area contributed by atoms with Crippen LogP contribution in [0.15, 0.2) is 46.9 Å². The average Bonchev–Trinajstić information content (AvgIpc) is 3.18. The Morgan fingerprint density at radius 2 is 1.83 bits per heavy atom. The minimum Gasteiger partial charge on any atom is -0.490 e. The highest BCUT2D eigenvalue weighted by Gasteiger charge is 2.24. The normalized spacial score (nSPS) is 18.7. The van der Waals surface area contributed by atoms with Crippen LogP contribution < -0.4 is 10.1 Å². The Morgan fingerprint density at radius 3 is 2.58 bits per heavy atom. The summed E-state index contributed by atoms with van der Waals surface area (Å²) in [7, 11) is 0. The van der Waals surface area contributed by atoms with E-state index in [0.717, 1.165) is 39.9 Å². The molecule has 4 heteroatoms. The number of rotatable bonds is 3. The van der Waals surface area contributed by atoms with Gasteiger partial charge in [-0.2, -0.15) is 0 Å². The van der Waals surface area contributed by atoms with Crippen molar-refractivity contribution in [2.75, 3.05) is 5.32 Å². The molecule has 24 heavy (non-hydrogen) atoms. The van der Waals surface area contributed by atoms with E-state index < -0.39 is 0 Å². The molecule has 2 aromatic rings. The van der Waals surface area contributed by atoms with Gasteiger partial charge in [0.1, 0.15) is 5.75 Å². The number of hydrogen-bond acceptors (Lipinski definition) is 2. The zero-order valence-corrected chi connectivity index (χ0v) is 14.8. The molecule has 1 saturated carbocycles. The fraction of sp³-hybridized carbons (Fsp3) is 0.250. The van der Waals surface area contributed by atoms with E-state index in [0.29, 0.717) is 11.7 Å². The van der Waals surface area contributed by atoms with E-state index in [1.807, 2.05) is 48.5 Å². The summed E-state index contributed by atoms with van der Waals surface area (Å²) >= 11 is 3.47. The fourth-order valence-corrected chi connectivity index (χ4v) is 3.67. The lowest BCUT2D eigenvalue weighted by atomic mass is 10.0. The molecule has 0 atom stereocenters. The van der Waals surface area contributed by atoms with Gasteiger partial charge in [-0.05, 0) is 67.7 Å². The van der Waals surface area contributed by atoms with Gasteiger partial charge in [0.05, 0.1) is 6.10 Å². The third-order valence-corrected chi connectivity index (χ3v) is 5.05. The van der Waals surface area contributed by atoms with Crippen LogP contribution in [0.3, 0.4) is 0 Å². The lowest BCUT2D eigenvalue weighted by molar-refractivity contribution is -0.110. The van der Waals surface area contributed by atoms with Crippen LogP contribution >= 0.6 is 15.9 Å². The number of nitrogens with one attached hydrogen (secondary N) is 1. The summed E-state index contributed by atoms with van der Waals surface area (Å²) in [5.74, 6) is 0.845. The molecule has 1 heterocycles. The monoisotopic (exact) mass is 383 g/mol. The SMILES string of the molecule is O=C1Nc2ccc(Br)cc2/C1=C\c1ccc(OC2CCCC2)cc1. The van der Waals surface area contributed by atoms with Crippen molar-refractivity contribution in [2.24, 2.45) is 0 Å². The van der Waals surface area contributed by atoms with Crippen molar-refractivity contribution in [1.82, 2.24) is 0 Å². The maximum Gasteiger partial charge on any atom is 0.256 e. The number of carbonyl (C=O) groups excluding carboxylic acids is 1. The number of fused-ring (bicyclic) bond motifs is 1. The Labute approximate surface area is 149 Å². The summed E-state index contributed by atoms with van der Waals surface area (Å²) < 4.78 is 6.95. The predicted octanol–water partition coefficient (Wildman–Crippen LogP) is 5.26. The quantitative estimate of drug-likeness (QED) is 0.733. The average molecular weight is 384 g/mol. The number of carbonyl (C=O) groups is 1. The molecule has 1 aliphatic carbocycles. The Balaban J connectivity index is 1.57. The molecule has 1 aliphatic heterocycles. The van der Waals surface area contributed by atoms with Crippen LogP contribution in [0.2, 0.25) is 0 Å². The van der Waals surface area contributed by atoms with Crippen molar-refractivity contribution >= 4 is 39.2 Å². The van der Waals surface area contributed by atoms with Gasteiger partial charge in [0.2, 0.25) is 0 Å². The molecule has 1 fully saturated rings. The van der Waals surface area contributed by atoms with Gasteiger partial charge in [-0.25, -0.2) is 0 Å². The van der Waals surface area contributed by atoms with Crippen molar-refractivity contribution in [3.8, 4) is 5.75 Å². The first-order chi connectivity index (χ1) is 11.7. The highest BCUT2D eigenvalue weighted by molar-refractivity contribution is 9.10. The van der Waals surface area contributed by atoms with Gasteiger partial charge < -0.3 is 10.1 Å². The molecule has 3 nitrogen and oxygen atoms in total. The number of amides is 1. The molecule has 1 N–H and O–H groups in total. The Kier molecular flexibility index (Phi) is 4.15. The van der Waals surface area contributed by atoms with Gasteiger partial charge in [-0.15, -0.1) is 0 Å². The van der Waals surface area contributed by atoms with Gasteiger partial charge in [0.15, 0.2) is 0 Å². The highest BCUT2D eigenvalue weighted by Crippen LogP contribution is 2.35. The fourth-order valence-electron chi connectivity index (χ4n) is 3.31. The molecule has 4 rings (SSSR count). The summed E-state index contributed by atoms with van der Waals surface area (Å²) in [5.41, 5.74) is 3.47. The first-order valence-corrected chi connectivity index (χ1v) is 9.08. The van der Waals surface area contributed by atoms with Crippen LogP contribution in [0.5, 0.6) is 5.75 Å². The molecular formula is C20H18BrNO2. The molecule has 0 bridgehead atoms. The summed E-state index contributed by atoms with van der Waals surface area (Å²) in [5, 5.41) is 2.90. The molecular weight excluding hydrogens is 366 g/mol. The third kappa shape index (κ3) is 3.11. The number of benzene rings is 2. The second-order valence-corrected chi connectivity index (χ2v) is 7.21. The summed E-state index contributed by atoms with van der Waals surface area (Å²) in [6, 6.07) is 13.8. The van der Waals surface area contributed by atoms with Crippen LogP contribution in [0.1, 0.15) is 36.8 Å². The Morgan fingerprint density at radius 1 is 1.08 bits per heavy atom. The molecule has 1 amide bonds. The van der Waals surface area contributed by atoms with E-state index in [2.05, 4.69) is 21.2 Å². The summed E-state index contributed by atoms with van der Waals surface area (Å²) in [4.78, 5) is 12.2. The van der Waals surface area contributed by atoms with E-state index in [1.54, 1.807) is 0 Å². The second kappa shape index (κ2) is 6.44. The first-order valence-electron chi connectivity index (χ1n) is 8.29. The van der Waals surface area contributed by atoms with Crippen LogP contribution in [0.25, 0.3) is 11.6 Å². The topological polar surface area (TPSA) is 38.3 Å². The van der Waals surface area contributed by atoms with E-state index in [1.165, 1.54) is 12.8 Å². The van der Waals surface area contributed by atoms with Gasteiger partial charge in [0, 0.05) is 21.3 Å². The first kappa shape index (κ1) is 15.5. The number of anilines is 1. The van der Waals surface area contributed by atoms with E-state index in [-0.39, 0.29) is 5.91 Å². The van der Waals surface area contributed by atoms with Crippen molar-refractivity contribution < 1.29 is 9.53 Å². The molecule has 0 aromatic heterocycles. The van der Waals surface area contributed by atoms with Crippen molar-refractivity contribution in [3.63, 3.8) is 0 Å². The summed E-state index contributed by atoms with van der Waals surface area (Å²) in [6.45, 7) is 0. The zero-order chi connectivity index (χ0) is 16.5.